The third kappa shape index (κ3) is 20.9. The maximum Gasteiger partial charge on any atom is 0.194 e. The SMILES string of the molecule is CCCC1CCC(c2ccc3c(F)c(-c4cc(F)c(F)c(F)c4)ccc3c2)CC1.CCCC1CCC(c2ccc3c(F)c(-c4ccc(F)c(F)c4)ccc3c2)CC1.CCCc1ccc2c(F)c(-c3cc(F)c(C#N)c(F)c3)ccc2c1.CCCc1ccc2c(F)c(-c3cc(F)c(F)c(F)c3)ccc2c1.CCCc1ccc2c(F)c(-c3ccc(F)c(F)c3)ccc2c1. The third-order valence-electron chi connectivity index (χ3n) is 24.2. The van der Waals surface area contributed by atoms with Crippen molar-refractivity contribution in [2.45, 2.75) is 162 Å². The van der Waals surface area contributed by atoms with Gasteiger partial charge in [-0.25, -0.2) is 74.6 Å². The summed E-state index contributed by atoms with van der Waals surface area (Å²) in [6, 6.07) is 58.4. The van der Waals surface area contributed by atoms with Crippen LogP contribution in [0.5, 0.6) is 0 Å². The summed E-state index contributed by atoms with van der Waals surface area (Å²) in [5, 5.41) is 14.8. The monoisotopic (exact) mass is 1730 g/mol. The molecular formula is C108H92F17N. The molecule has 0 radical (unpaired) electrons. The van der Waals surface area contributed by atoms with Crippen LogP contribution in [-0.2, 0) is 19.3 Å². The summed E-state index contributed by atoms with van der Waals surface area (Å²) >= 11 is 0. The van der Waals surface area contributed by atoms with Gasteiger partial charge in [-0.15, -0.1) is 0 Å². The Kier molecular flexibility index (Phi) is 30.1. The van der Waals surface area contributed by atoms with E-state index in [9.17, 15) is 65.9 Å². The standard InChI is InChI=1S/C25H24F4.C25H25F3.C20H14F3N.C19H14F4.C19H15F3/c1-2-3-15-4-6-16(7-5-15)17-8-10-20-18(12-17)9-11-21(24(20)28)19-13-22(26)25(29)23(27)14-19;1-2-3-16-4-6-17(7-5-16)18-8-11-21-19(14-18)9-12-22(25(21)28)20-10-13-23(26)24(27)15-20;1-2-3-12-4-6-15-13(8-12)5-7-16(20(15)23)14-9-18(21)17(11-24)19(22)10-14;1-2-3-11-4-6-14-12(8-11)5-7-15(18(14)22)13-9-16(20)19(23)17(21)10-13;1-2-3-12-4-7-15-13(10-12)5-8-16(19(15)22)14-6-9-17(20)18(21)11-14/h8-16H,2-7H2,1H3;8-17H,2-7H2,1H3;4-10H,2-3H2,1H3;4-10H,2-3H2,1H3;4-11H,2-3H2,1H3. The van der Waals surface area contributed by atoms with Gasteiger partial charge in [0.25, 0.3) is 0 Å². The summed E-state index contributed by atoms with van der Waals surface area (Å²) in [5.74, 6) is -13.9. The van der Waals surface area contributed by atoms with Crippen molar-refractivity contribution in [1.29, 1.82) is 5.26 Å². The van der Waals surface area contributed by atoms with Crippen LogP contribution in [-0.4, -0.2) is 0 Å². The van der Waals surface area contributed by atoms with Crippen LogP contribution >= 0.6 is 0 Å². The smallest absolute Gasteiger partial charge is 0.194 e. The normalized spacial score (nSPS) is 15.0. The minimum Gasteiger partial charge on any atom is -0.206 e. The van der Waals surface area contributed by atoms with Crippen molar-refractivity contribution < 1.29 is 74.6 Å². The predicted molar refractivity (Wildman–Crippen MR) is 472 cm³/mol. The summed E-state index contributed by atoms with van der Waals surface area (Å²) in [7, 11) is 0. The first-order valence-corrected chi connectivity index (χ1v) is 42.9. The molecule has 2 aliphatic rings. The molecule has 17 rings (SSSR count). The fourth-order valence-corrected chi connectivity index (χ4v) is 17.6. The molecule has 0 aromatic heterocycles. The van der Waals surface area contributed by atoms with Crippen LogP contribution in [0.2, 0.25) is 0 Å². The number of halogens is 17. The minimum absolute atomic E-state index is 0.0147. The van der Waals surface area contributed by atoms with Crippen LogP contribution in [0, 0.1) is 122 Å². The average molecular weight is 1730 g/mol. The Morgan fingerprint density at radius 2 is 0.500 bits per heavy atom. The molecule has 648 valence electrons. The molecule has 0 N–H and O–H groups in total. The molecule has 0 spiro atoms. The lowest BCUT2D eigenvalue weighted by Crippen LogP contribution is -2.13. The van der Waals surface area contributed by atoms with Gasteiger partial charge in [0.1, 0.15) is 52.4 Å². The third-order valence-corrected chi connectivity index (χ3v) is 24.2. The Morgan fingerprint density at radius 1 is 0.238 bits per heavy atom. The van der Waals surface area contributed by atoms with E-state index in [0.717, 1.165) is 167 Å². The zero-order valence-electron chi connectivity index (χ0n) is 70.3. The lowest BCUT2D eigenvalue weighted by atomic mass is 9.77. The summed E-state index contributed by atoms with van der Waals surface area (Å²) in [4.78, 5) is 0. The van der Waals surface area contributed by atoms with Crippen molar-refractivity contribution in [3.8, 4) is 61.7 Å². The van der Waals surface area contributed by atoms with Crippen molar-refractivity contribution in [1.82, 2.24) is 0 Å². The van der Waals surface area contributed by atoms with Gasteiger partial charge in [0, 0.05) is 54.7 Å². The molecule has 2 saturated carbocycles. The van der Waals surface area contributed by atoms with E-state index in [2.05, 4.69) is 40.7 Å². The number of fused-ring (bicyclic) bond motifs is 5. The van der Waals surface area contributed by atoms with E-state index < -0.39 is 98.6 Å². The maximum absolute atomic E-state index is 15.1. The zero-order valence-corrected chi connectivity index (χ0v) is 70.3. The van der Waals surface area contributed by atoms with Gasteiger partial charge in [0.2, 0.25) is 0 Å². The molecule has 0 unspecified atom stereocenters. The highest BCUT2D eigenvalue weighted by Crippen LogP contribution is 2.44. The first-order valence-electron chi connectivity index (χ1n) is 42.9. The fraction of sp³-hybridized carbons (Fsp3) is 0.250. The highest BCUT2D eigenvalue weighted by molar-refractivity contribution is 5.93. The second-order valence-electron chi connectivity index (χ2n) is 32.7. The molecule has 2 aliphatic carbocycles. The van der Waals surface area contributed by atoms with Gasteiger partial charge in [0.15, 0.2) is 58.2 Å². The number of benzene rings is 15. The molecule has 2 fully saturated rings. The van der Waals surface area contributed by atoms with Gasteiger partial charge >= 0.3 is 0 Å². The Morgan fingerprint density at radius 3 is 0.770 bits per heavy atom. The van der Waals surface area contributed by atoms with Gasteiger partial charge in [-0.2, -0.15) is 5.26 Å². The van der Waals surface area contributed by atoms with E-state index in [1.807, 2.05) is 72.8 Å². The van der Waals surface area contributed by atoms with Crippen LogP contribution in [0.25, 0.3) is 109 Å². The summed E-state index contributed by atoms with van der Waals surface area (Å²) in [6.45, 7) is 10.7. The Balaban J connectivity index is 0.000000135. The first-order chi connectivity index (χ1) is 60.7. The number of hydrogen-bond acceptors (Lipinski definition) is 1. The average Bonchev–Trinajstić information content (AvgIpc) is 0.789. The molecule has 18 heteroatoms. The van der Waals surface area contributed by atoms with Crippen molar-refractivity contribution in [3.63, 3.8) is 0 Å². The summed E-state index contributed by atoms with van der Waals surface area (Å²) < 4.78 is 235. The highest BCUT2D eigenvalue weighted by atomic mass is 19.2. The van der Waals surface area contributed by atoms with Crippen molar-refractivity contribution >= 4 is 53.9 Å². The first kappa shape index (κ1) is 91.6. The molecule has 15 aromatic carbocycles. The molecular weight excluding hydrogens is 1630 g/mol. The number of aryl methyl sites for hydroxylation is 3. The molecule has 1 nitrogen and oxygen atoms in total. The molecule has 0 amide bonds. The molecule has 0 atom stereocenters. The maximum atomic E-state index is 15.1. The van der Waals surface area contributed by atoms with Gasteiger partial charge < -0.3 is 0 Å². The van der Waals surface area contributed by atoms with Crippen LogP contribution in [0.15, 0.2) is 224 Å². The molecule has 0 heterocycles. The molecule has 15 aromatic rings. The van der Waals surface area contributed by atoms with Gasteiger partial charge in [-0.05, 0) is 238 Å². The van der Waals surface area contributed by atoms with Crippen molar-refractivity contribution in [2.75, 3.05) is 0 Å². The quantitative estimate of drug-likeness (QED) is 0.0658. The Bertz CT molecular complexity index is 6460. The van der Waals surface area contributed by atoms with Gasteiger partial charge in [0.05, 0.1) is 0 Å². The Labute approximate surface area is 722 Å². The number of nitriles is 1. The van der Waals surface area contributed by atoms with E-state index in [-0.39, 0.29) is 44.8 Å². The fourth-order valence-electron chi connectivity index (χ4n) is 17.6. The second kappa shape index (κ2) is 41.4. The molecule has 0 bridgehead atoms. The lowest BCUT2D eigenvalue weighted by Gasteiger charge is -2.28. The van der Waals surface area contributed by atoms with Crippen LogP contribution in [0.3, 0.4) is 0 Å². The summed E-state index contributed by atoms with van der Waals surface area (Å²) in [6.07, 6.45) is 20.6. The second-order valence-corrected chi connectivity index (χ2v) is 32.7. The number of rotatable bonds is 17. The van der Waals surface area contributed by atoms with E-state index in [4.69, 9.17) is 5.26 Å². The molecule has 0 aliphatic heterocycles. The van der Waals surface area contributed by atoms with Crippen molar-refractivity contribution in [2.24, 2.45) is 11.8 Å². The predicted octanol–water partition coefficient (Wildman–Crippen LogP) is 33.8. The van der Waals surface area contributed by atoms with Crippen LogP contribution in [0.1, 0.15) is 176 Å². The van der Waals surface area contributed by atoms with Gasteiger partial charge in [-0.3, -0.25) is 0 Å². The van der Waals surface area contributed by atoms with E-state index in [0.29, 0.717) is 55.5 Å². The topological polar surface area (TPSA) is 23.8 Å². The largest absolute Gasteiger partial charge is 0.206 e. The zero-order chi connectivity index (χ0) is 89.7. The van der Waals surface area contributed by atoms with Crippen LogP contribution in [0.4, 0.5) is 74.6 Å². The number of hydrogen-bond donors (Lipinski definition) is 0. The van der Waals surface area contributed by atoms with E-state index in [1.165, 1.54) is 112 Å². The Hall–Kier alpha value is -12.1. The molecule has 0 saturated heterocycles. The number of nitrogens with zero attached hydrogens (tertiary/aromatic N) is 1. The van der Waals surface area contributed by atoms with E-state index >= 15 is 8.78 Å². The van der Waals surface area contributed by atoms with Crippen molar-refractivity contribution in [3.05, 3.63) is 357 Å². The lowest BCUT2D eigenvalue weighted by molar-refractivity contribution is 0.308. The van der Waals surface area contributed by atoms with E-state index in [1.54, 1.807) is 54.6 Å². The van der Waals surface area contributed by atoms with Gasteiger partial charge in [-0.1, -0.05) is 243 Å². The van der Waals surface area contributed by atoms with Crippen LogP contribution < -0.4 is 0 Å². The summed E-state index contributed by atoms with van der Waals surface area (Å²) in [5.41, 5.74) is 6.69. The highest BCUT2D eigenvalue weighted by Gasteiger charge is 2.27. The minimum atomic E-state index is -1.56. The molecule has 126 heavy (non-hydrogen) atoms.